The predicted octanol–water partition coefficient (Wildman–Crippen LogP) is 7.11. The summed E-state index contributed by atoms with van der Waals surface area (Å²) in [6, 6.07) is 70.7. The van der Waals surface area contributed by atoms with Crippen LogP contribution in [0.3, 0.4) is 0 Å². The summed E-state index contributed by atoms with van der Waals surface area (Å²) in [6.07, 6.45) is 0. The average Bonchev–Trinajstić information content (AvgIpc) is 3.33. The Bertz CT molecular complexity index is 3420. The standard InChI is InChI=1S/C54H32B3N3O2/c1-3-16-33(17-4-1)58-41-24-11-8-21-36(41)56-39-30-49-40(31-48(39)61-47-29-15-28-45(58)51(47)56)57-38-23-10-14-27-44(38)60-43-26-13-9-22-37(43)55-35-20-7-12-25-42(35)59(34-18-5-2-6-19-34)46-32-50(62-49)53(57)54(60)52(46)55/h1-32H. The van der Waals surface area contributed by atoms with Crippen molar-refractivity contribution in [3.8, 4) is 23.0 Å². The number of hydrogen-bond acceptors (Lipinski definition) is 5. The highest BCUT2D eigenvalue weighted by atomic mass is 16.5. The fraction of sp³-hybridized carbons (Fsp3) is 0. The normalized spacial score (nSPS) is 14.5. The molecule has 0 aliphatic carbocycles. The lowest BCUT2D eigenvalue weighted by atomic mass is 9.29. The Morgan fingerprint density at radius 1 is 0.274 bits per heavy atom. The molecular formula is C54H32B3N3O2. The molecule has 0 fully saturated rings. The Morgan fingerprint density at radius 2 is 0.694 bits per heavy atom. The molecule has 15 rings (SSSR count). The third-order valence-corrected chi connectivity index (χ3v) is 14.1. The van der Waals surface area contributed by atoms with Gasteiger partial charge in [-0.05, 0) is 122 Å². The average molecular weight is 787 g/mol. The molecular weight excluding hydrogens is 755 g/mol. The molecule has 0 radical (unpaired) electrons. The van der Waals surface area contributed by atoms with Crippen LogP contribution < -0.4 is 73.3 Å². The van der Waals surface area contributed by atoms with Crippen LogP contribution in [0.25, 0.3) is 0 Å². The van der Waals surface area contributed by atoms with Crippen molar-refractivity contribution in [1.29, 1.82) is 0 Å². The first-order chi connectivity index (χ1) is 30.8. The van der Waals surface area contributed by atoms with Crippen molar-refractivity contribution in [3.63, 3.8) is 0 Å². The molecule has 0 unspecified atom stereocenters. The van der Waals surface area contributed by atoms with Crippen LogP contribution in [0, 0.1) is 0 Å². The monoisotopic (exact) mass is 787 g/mol. The first-order valence-electron chi connectivity index (χ1n) is 21.5. The lowest BCUT2D eigenvalue weighted by Gasteiger charge is -2.49. The van der Waals surface area contributed by atoms with E-state index in [9.17, 15) is 0 Å². The molecule has 62 heavy (non-hydrogen) atoms. The predicted molar refractivity (Wildman–Crippen MR) is 257 cm³/mol. The molecule has 0 atom stereocenters. The molecule has 6 aliphatic heterocycles. The number of para-hydroxylation sites is 6. The number of benzene rings is 9. The zero-order valence-corrected chi connectivity index (χ0v) is 33.4. The van der Waals surface area contributed by atoms with Crippen LogP contribution in [0.1, 0.15) is 0 Å². The highest BCUT2D eigenvalue weighted by Crippen LogP contribution is 2.48. The molecule has 6 heterocycles. The Balaban J connectivity index is 0.996. The number of nitrogens with zero attached hydrogens (tertiary/aromatic N) is 3. The molecule has 0 saturated carbocycles. The van der Waals surface area contributed by atoms with Gasteiger partial charge in [0, 0.05) is 57.3 Å². The smallest absolute Gasteiger partial charge is 0.256 e. The summed E-state index contributed by atoms with van der Waals surface area (Å²) in [6.45, 7) is -0.0817. The van der Waals surface area contributed by atoms with E-state index in [1.807, 2.05) is 0 Å². The van der Waals surface area contributed by atoms with Crippen LogP contribution in [0.4, 0.5) is 51.2 Å². The lowest BCUT2D eigenvalue weighted by Crippen LogP contribution is -2.68. The van der Waals surface area contributed by atoms with Gasteiger partial charge in [0.05, 0.1) is 0 Å². The van der Waals surface area contributed by atoms with Crippen molar-refractivity contribution < 1.29 is 9.47 Å². The third-order valence-electron chi connectivity index (χ3n) is 14.1. The highest BCUT2D eigenvalue weighted by Gasteiger charge is 2.52. The van der Waals surface area contributed by atoms with Gasteiger partial charge in [0.25, 0.3) is 20.1 Å². The number of anilines is 9. The molecule has 9 aromatic rings. The number of hydrogen-bond donors (Lipinski definition) is 0. The zero-order valence-electron chi connectivity index (χ0n) is 33.4. The van der Waals surface area contributed by atoms with Crippen molar-refractivity contribution in [3.05, 3.63) is 194 Å². The van der Waals surface area contributed by atoms with Gasteiger partial charge in [0.15, 0.2) is 0 Å². The lowest BCUT2D eigenvalue weighted by molar-refractivity contribution is 0.476. The molecule has 0 bridgehead atoms. The molecule has 9 aromatic carbocycles. The fourth-order valence-electron chi connectivity index (χ4n) is 11.8. The first-order valence-corrected chi connectivity index (χ1v) is 21.5. The highest BCUT2D eigenvalue weighted by molar-refractivity contribution is 7.04. The van der Waals surface area contributed by atoms with Crippen LogP contribution in [-0.4, -0.2) is 20.1 Å². The van der Waals surface area contributed by atoms with E-state index in [0.717, 1.165) is 56.7 Å². The van der Waals surface area contributed by atoms with Crippen molar-refractivity contribution in [2.24, 2.45) is 0 Å². The molecule has 284 valence electrons. The largest absolute Gasteiger partial charge is 0.458 e. The summed E-state index contributed by atoms with van der Waals surface area (Å²) in [5, 5.41) is 0. The molecule has 0 spiro atoms. The number of rotatable bonds is 2. The van der Waals surface area contributed by atoms with Gasteiger partial charge in [-0.1, -0.05) is 115 Å². The third kappa shape index (κ3) is 4.12. The Hall–Kier alpha value is -7.83. The van der Waals surface area contributed by atoms with Gasteiger partial charge < -0.3 is 24.2 Å². The van der Waals surface area contributed by atoms with Crippen LogP contribution in [0.5, 0.6) is 23.0 Å². The molecule has 0 saturated heterocycles. The summed E-state index contributed by atoms with van der Waals surface area (Å²) in [7, 11) is 0. The summed E-state index contributed by atoms with van der Waals surface area (Å²) >= 11 is 0. The van der Waals surface area contributed by atoms with Crippen LogP contribution in [0.2, 0.25) is 0 Å². The van der Waals surface area contributed by atoms with Crippen molar-refractivity contribution >= 4 is 120 Å². The van der Waals surface area contributed by atoms with E-state index in [1.165, 1.54) is 66.7 Å². The zero-order chi connectivity index (χ0) is 40.2. The molecule has 8 heteroatoms. The second-order valence-electron chi connectivity index (χ2n) is 17.1. The molecule has 6 aliphatic rings. The molecule has 0 amide bonds. The minimum absolute atomic E-state index is 0.0422. The Morgan fingerprint density at radius 3 is 1.24 bits per heavy atom. The van der Waals surface area contributed by atoms with E-state index >= 15 is 0 Å². The van der Waals surface area contributed by atoms with Crippen LogP contribution >= 0.6 is 0 Å². The maximum absolute atomic E-state index is 7.43. The van der Waals surface area contributed by atoms with Gasteiger partial charge in [0.1, 0.15) is 23.0 Å². The Labute approximate surface area is 360 Å². The molecule has 5 nitrogen and oxygen atoms in total. The van der Waals surface area contributed by atoms with E-state index in [4.69, 9.17) is 9.47 Å². The number of fused-ring (bicyclic) bond motifs is 14. The van der Waals surface area contributed by atoms with Gasteiger partial charge >= 0.3 is 0 Å². The SMILES string of the molecule is c1ccc(N2c3ccccc3B3c4cc5c(cc4Oc4cccc2c43)B2c3ccccc3N3c4ccccc4B4c6ccccc6N(c6ccccc6)c6cc(c2c3c64)O5)cc1. The maximum Gasteiger partial charge on any atom is 0.256 e. The van der Waals surface area contributed by atoms with E-state index in [0.29, 0.717) is 0 Å². The quantitative estimate of drug-likeness (QED) is 0.175. The Kier molecular flexibility index (Phi) is 6.34. The van der Waals surface area contributed by atoms with Gasteiger partial charge in [-0.3, -0.25) is 0 Å². The van der Waals surface area contributed by atoms with Crippen molar-refractivity contribution in [2.75, 3.05) is 14.7 Å². The van der Waals surface area contributed by atoms with Crippen LogP contribution in [0.15, 0.2) is 194 Å². The van der Waals surface area contributed by atoms with E-state index in [1.54, 1.807) is 0 Å². The second-order valence-corrected chi connectivity index (χ2v) is 17.1. The van der Waals surface area contributed by atoms with Gasteiger partial charge in [0.2, 0.25) is 0 Å². The maximum atomic E-state index is 7.43. The van der Waals surface area contributed by atoms with Crippen molar-refractivity contribution in [1.82, 2.24) is 0 Å². The molecule has 0 aromatic heterocycles. The minimum Gasteiger partial charge on any atom is -0.458 e. The minimum atomic E-state index is -0.0800. The van der Waals surface area contributed by atoms with E-state index in [2.05, 4.69) is 209 Å². The van der Waals surface area contributed by atoms with Gasteiger partial charge in [-0.25, -0.2) is 0 Å². The summed E-state index contributed by atoms with van der Waals surface area (Å²) in [5.74, 6) is 3.55. The van der Waals surface area contributed by atoms with E-state index in [-0.39, 0.29) is 20.1 Å². The number of ether oxygens (including phenoxy) is 2. The molecule has 0 N–H and O–H groups in total. The summed E-state index contributed by atoms with van der Waals surface area (Å²) in [4.78, 5) is 7.37. The first kappa shape index (κ1) is 33.0. The summed E-state index contributed by atoms with van der Waals surface area (Å²) < 4.78 is 14.5. The van der Waals surface area contributed by atoms with Crippen molar-refractivity contribution in [2.45, 2.75) is 0 Å². The topological polar surface area (TPSA) is 28.2 Å². The van der Waals surface area contributed by atoms with Gasteiger partial charge in [-0.15, -0.1) is 0 Å². The van der Waals surface area contributed by atoms with Gasteiger partial charge in [-0.2, -0.15) is 0 Å². The second kappa shape index (κ2) is 11.9. The summed E-state index contributed by atoms with van der Waals surface area (Å²) in [5.41, 5.74) is 21.6. The van der Waals surface area contributed by atoms with Crippen LogP contribution in [-0.2, 0) is 0 Å². The fourth-order valence-corrected chi connectivity index (χ4v) is 11.8. The van der Waals surface area contributed by atoms with E-state index < -0.39 is 0 Å².